The standard InChI is InChI=1S/C17H25F3N4O3S/c1-2-12-28(26,27)24-11-4-3-7-14(24)16(25)23-10-9-22-15-13(17(18,19)20)6-5-8-21-15/h5-6,8,14H,2-4,7,9-12H2,1H3,(H,21,22)(H,23,25). The topological polar surface area (TPSA) is 91.4 Å². The van der Waals surface area contributed by atoms with Crippen LogP contribution in [0.5, 0.6) is 0 Å². The van der Waals surface area contributed by atoms with Gasteiger partial charge in [0.1, 0.15) is 11.9 Å². The Morgan fingerprint density at radius 3 is 2.75 bits per heavy atom. The van der Waals surface area contributed by atoms with E-state index in [1.54, 1.807) is 6.92 Å². The van der Waals surface area contributed by atoms with Crippen LogP contribution >= 0.6 is 0 Å². The van der Waals surface area contributed by atoms with E-state index in [1.165, 1.54) is 16.6 Å². The van der Waals surface area contributed by atoms with Gasteiger partial charge in [0.05, 0.1) is 11.3 Å². The largest absolute Gasteiger partial charge is 0.419 e. The number of nitrogens with zero attached hydrogens (tertiary/aromatic N) is 2. The number of anilines is 1. The van der Waals surface area contributed by atoms with Crippen LogP contribution in [0.3, 0.4) is 0 Å². The molecule has 1 fully saturated rings. The molecule has 1 atom stereocenters. The zero-order valence-corrected chi connectivity index (χ0v) is 16.4. The fourth-order valence-corrected chi connectivity index (χ4v) is 4.88. The molecule has 1 unspecified atom stereocenters. The normalized spacial score (nSPS) is 18.6. The second-order valence-corrected chi connectivity index (χ2v) is 8.59. The molecule has 1 aliphatic heterocycles. The number of amides is 1. The molecule has 1 aromatic rings. The maximum absolute atomic E-state index is 12.9. The van der Waals surface area contributed by atoms with Crippen molar-refractivity contribution in [3.05, 3.63) is 23.9 Å². The van der Waals surface area contributed by atoms with Gasteiger partial charge in [0, 0.05) is 25.8 Å². The van der Waals surface area contributed by atoms with E-state index < -0.39 is 33.7 Å². The summed E-state index contributed by atoms with van der Waals surface area (Å²) in [5, 5.41) is 5.17. The monoisotopic (exact) mass is 422 g/mol. The van der Waals surface area contributed by atoms with Crippen LogP contribution in [0.25, 0.3) is 0 Å². The average Bonchev–Trinajstić information content (AvgIpc) is 2.64. The number of sulfonamides is 1. The van der Waals surface area contributed by atoms with E-state index in [4.69, 9.17) is 0 Å². The predicted molar refractivity (Wildman–Crippen MR) is 99.2 cm³/mol. The van der Waals surface area contributed by atoms with Gasteiger partial charge in [-0.1, -0.05) is 13.3 Å². The molecule has 1 amide bonds. The smallest absolute Gasteiger partial charge is 0.368 e. The zero-order valence-electron chi connectivity index (χ0n) is 15.6. The Hall–Kier alpha value is -1.88. The van der Waals surface area contributed by atoms with Crippen LogP contribution in [0.15, 0.2) is 18.3 Å². The molecule has 158 valence electrons. The number of hydrogen-bond acceptors (Lipinski definition) is 5. The zero-order chi connectivity index (χ0) is 20.8. The summed E-state index contributed by atoms with van der Waals surface area (Å²) in [5.41, 5.74) is -0.884. The van der Waals surface area contributed by atoms with E-state index in [-0.39, 0.29) is 24.7 Å². The van der Waals surface area contributed by atoms with Crippen molar-refractivity contribution < 1.29 is 26.4 Å². The molecule has 0 aromatic carbocycles. The van der Waals surface area contributed by atoms with Gasteiger partial charge >= 0.3 is 6.18 Å². The third-order valence-electron chi connectivity index (χ3n) is 4.41. The van der Waals surface area contributed by atoms with Gasteiger partial charge in [-0.25, -0.2) is 13.4 Å². The van der Waals surface area contributed by atoms with Gasteiger partial charge in [0.2, 0.25) is 15.9 Å². The summed E-state index contributed by atoms with van der Waals surface area (Å²) < 4.78 is 64.8. The van der Waals surface area contributed by atoms with Crippen LogP contribution in [0.4, 0.5) is 19.0 Å². The molecule has 0 aliphatic carbocycles. The minimum Gasteiger partial charge on any atom is -0.368 e. The van der Waals surface area contributed by atoms with Crippen LogP contribution < -0.4 is 10.6 Å². The highest BCUT2D eigenvalue weighted by Crippen LogP contribution is 2.33. The first-order chi connectivity index (χ1) is 13.2. The maximum atomic E-state index is 12.9. The van der Waals surface area contributed by atoms with Crippen LogP contribution in [0, 0.1) is 0 Å². The SMILES string of the molecule is CCCS(=O)(=O)N1CCCCC1C(=O)NCCNc1ncccc1C(F)(F)F. The molecule has 2 heterocycles. The molecule has 1 aliphatic rings. The summed E-state index contributed by atoms with van der Waals surface area (Å²) in [4.78, 5) is 16.1. The number of aromatic nitrogens is 1. The lowest BCUT2D eigenvalue weighted by Gasteiger charge is -2.33. The summed E-state index contributed by atoms with van der Waals surface area (Å²) in [7, 11) is -3.50. The third-order valence-corrected chi connectivity index (χ3v) is 6.48. The quantitative estimate of drug-likeness (QED) is 0.627. The molecule has 11 heteroatoms. The van der Waals surface area contributed by atoms with Gasteiger partial charge in [-0.05, 0) is 31.4 Å². The van der Waals surface area contributed by atoms with Crippen molar-refractivity contribution in [1.82, 2.24) is 14.6 Å². The number of pyridine rings is 1. The van der Waals surface area contributed by atoms with Crippen molar-refractivity contribution in [1.29, 1.82) is 0 Å². The van der Waals surface area contributed by atoms with Gasteiger partial charge in [-0.3, -0.25) is 4.79 Å². The molecule has 0 spiro atoms. The highest BCUT2D eigenvalue weighted by Gasteiger charge is 2.36. The lowest BCUT2D eigenvalue weighted by molar-refractivity contribution is -0.137. The van der Waals surface area contributed by atoms with Crippen molar-refractivity contribution in [3.63, 3.8) is 0 Å². The number of carbonyl (C=O) groups excluding carboxylic acids is 1. The minimum absolute atomic E-state index is 0.0156. The highest BCUT2D eigenvalue weighted by atomic mass is 32.2. The molecule has 1 aromatic heterocycles. The first-order valence-corrected chi connectivity index (χ1v) is 10.8. The Morgan fingerprint density at radius 1 is 1.32 bits per heavy atom. The first kappa shape index (κ1) is 22.4. The summed E-state index contributed by atoms with van der Waals surface area (Å²) in [6.07, 6.45) is -0.945. The summed E-state index contributed by atoms with van der Waals surface area (Å²) >= 11 is 0. The van der Waals surface area contributed by atoms with Crippen molar-refractivity contribution >= 4 is 21.7 Å². The third kappa shape index (κ3) is 5.81. The summed E-state index contributed by atoms with van der Waals surface area (Å²) in [6, 6.07) is 1.35. The molecule has 2 rings (SSSR count). The second kappa shape index (κ2) is 9.55. The Kier molecular flexibility index (Phi) is 7.64. The summed E-state index contributed by atoms with van der Waals surface area (Å²) in [5.74, 6) is -0.759. The number of carbonyl (C=O) groups is 1. The second-order valence-electron chi connectivity index (χ2n) is 6.55. The van der Waals surface area contributed by atoms with E-state index in [9.17, 15) is 26.4 Å². The number of halogens is 3. The van der Waals surface area contributed by atoms with Gasteiger partial charge in [0.25, 0.3) is 0 Å². The van der Waals surface area contributed by atoms with Gasteiger partial charge in [0.15, 0.2) is 0 Å². The fourth-order valence-electron chi connectivity index (χ4n) is 3.13. The van der Waals surface area contributed by atoms with Gasteiger partial charge in [-0.15, -0.1) is 0 Å². The number of rotatable bonds is 8. The van der Waals surface area contributed by atoms with E-state index in [0.717, 1.165) is 12.5 Å². The number of hydrogen-bond donors (Lipinski definition) is 2. The average molecular weight is 422 g/mol. The number of alkyl halides is 3. The molecule has 0 radical (unpaired) electrons. The van der Waals surface area contributed by atoms with Crippen LogP contribution in [-0.4, -0.2) is 55.0 Å². The molecule has 7 nitrogen and oxygen atoms in total. The Labute approximate surface area is 162 Å². The molecular weight excluding hydrogens is 397 g/mol. The number of piperidine rings is 1. The Morgan fingerprint density at radius 2 is 2.07 bits per heavy atom. The highest BCUT2D eigenvalue weighted by molar-refractivity contribution is 7.89. The van der Waals surface area contributed by atoms with E-state index in [0.29, 0.717) is 25.8 Å². The van der Waals surface area contributed by atoms with Crippen LogP contribution in [-0.2, 0) is 21.0 Å². The van der Waals surface area contributed by atoms with Crippen LogP contribution in [0.1, 0.15) is 38.2 Å². The minimum atomic E-state index is -4.53. The Bertz CT molecular complexity index is 771. The first-order valence-electron chi connectivity index (χ1n) is 9.20. The van der Waals surface area contributed by atoms with Gasteiger partial charge in [-0.2, -0.15) is 17.5 Å². The van der Waals surface area contributed by atoms with Crippen LogP contribution in [0.2, 0.25) is 0 Å². The molecule has 0 bridgehead atoms. The maximum Gasteiger partial charge on any atom is 0.419 e. The molecule has 28 heavy (non-hydrogen) atoms. The molecule has 0 saturated carbocycles. The van der Waals surface area contributed by atoms with Gasteiger partial charge < -0.3 is 10.6 Å². The lowest BCUT2D eigenvalue weighted by atomic mass is 10.0. The van der Waals surface area contributed by atoms with E-state index in [2.05, 4.69) is 15.6 Å². The summed E-state index contributed by atoms with van der Waals surface area (Å²) in [6.45, 7) is 2.14. The predicted octanol–water partition coefficient (Wildman–Crippen LogP) is 2.22. The Balaban J connectivity index is 1.92. The van der Waals surface area contributed by atoms with Crippen molar-refractivity contribution in [3.8, 4) is 0 Å². The fraction of sp³-hybridized carbons (Fsp3) is 0.647. The molecular formula is C17H25F3N4O3S. The van der Waals surface area contributed by atoms with Crippen molar-refractivity contribution in [2.24, 2.45) is 0 Å². The number of nitrogens with one attached hydrogen (secondary N) is 2. The van der Waals surface area contributed by atoms with E-state index in [1.807, 2.05) is 0 Å². The lowest BCUT2D eigenvalue weighted by Crippen LogP contribution is -2.52. The molecule has 2 N–H and O–H groups in total. The molecule has 1 saturated heterocycles. The van der Waals surface area contributed by atoms with E-state index >= 15 is 0 Å². The van der Waals surface area contributed by atoms with Crippen molar-refractivity contribution in [2.45, 2.75) is 44.8 Å². The van der Waals surface area contributed by atoms with Crippen molar-refractivity contribution in [2.75, 3.05) is 30.7 Å².